The summed E-state index contributed by atoms with van der Waals surface area (Å²) in [5.41, 5.74) is 7.82. The van der Waals surface area contributed by atoms with Gasteiger partial charge in [0.05, 0.1) is 0 Å². The Morgan fingerprint density at radius 1 is 1.44 bits per heavy atom. The molecule has 1 fully saturated rings. The zero-order valence-corrected chi connectivity index (χ0v) is 10.3. The summed E-state index contributed by atoms with van der Waals surface area (Å²) in [7, 11) is 0. The van der Waals surface area contributed by atoms with Gasteiger partial charge in [-0.2, -0.15) is 0 Å². The van der Waals surface area contributed by atoms with Gasteiger partial charge < -0.3 is 5.73 Å². The van der Waals surface area contributed by atoms with Crippen molar-refractivity contribution in [1.82, 2.24) is 4.98 Å². The van der Waals surface area contributed by atoms with Gasteiger partial charge in [0, 0.05) is 5.69 Å². The van der Waals surface area contributed by atoms with Gasteiger partial charge in [0.2, 0.25) is 0 Å². The van der Waals surface area contributed by atoms with Gasteiger partial charge in [-0.3, -0.25) is 4.79 Å². The maximum Gasteiger partial charge on any atom is 0.267 e. The number of amides is 1. The average molecular weight is 220 g/mol. The van der Waals surface area contributed by atoms with Gasteiger partial charge in [0.25, 0.3) is 5.91 Å². The standard InChI is InChI=1S/C11H14N2O.C2H6/c1-2-9-5-8(7-3-4-7)6-10(13-9)11(12)14;1-2/h5-7H,2-4H2,1H3,(H2,12,14);1-2H3. The van der Waals surface area contributed by atoms with Crippen LogP contribution in [0.2, 0.25) is 0 Å². The Bertz CT molecular complexity index is 370. The van der Waals surface area contributed by atoms with E-state index in [2.05, 4.69) is 11.1 Å². The van der Waals surface area contributed by atoms with Gasteiger partial charge in [-0.1, -0.05) is 20.8 Å². The molecular formula is C13H20N2O. The molecule has 0 aliphatic heterocycles. The molecular weight excluding hydrogens is 200 g/mol. The smallest absolute Gasteiger partial charge is 0.267 e. The van der Waals surface area contributed by atoms with E-state index in [0.717, 1.165) is 12.1 Å². The van der Waals surface area contributed by atoms with Gasteiger partial charge >= 0.3 is 0 Å². The summed E-state index contributed by atoms with van der Waals surface area (Å²) in [5.74, 6) is 0.212. The molecule has 0 radical (unpaired) electrons. The fourth-order valence-electron chi connectivity index (χ4n) is 1.57. The number of nitrogens with two attached hydrogens (primary N) is 1. The van der Waals surface area contributed by atoms with Crippen molar-refractivity contribution in [1.29, 1.82) is 0 Å². The highest BCUT2D eigenvalue weighted by Gasteiger charge is 2.24. The van der Waals surface area contributed by atoms with E-state index in [4.69, 9.17) is 5.73 Å². The Balaban J connectivity index is 0.000000606. The minimum atomic E-state index is -0.429. The summed E-state index contributed by atoms with van der Waals surface area (Å²) in [6, 6.07) is 3.92. The third kappa shape index (κ3) is 3.05. The van der Waals surface area contributed by atoms with Crippen molar-refractivity contribution in [3.63, 3.8) is 0 Å². The number of aromatic nitrogens is 1. The molecule has 0 bridgehead atoms. The van der Waals surface area contributed by atoms with Crippen molar-refractivity contribution in [3.8, 4) is 0 Å². The van der Waals surface area contributed by atoms with Gasteiger partial charge in [-0.25, -0.2) is 4.98 Å². The van der Waals surface area contributed by atoms with E-state index >= 15 is 0 Å². The SMILES string of the molecule is CC.CCc1cc(C2CC2)cc(C(N)=O)n1. The molecule has 1 amide bonds. The van der Waals surface area contributed by atoms with Gasteiger partial charge in [-0.05, 0) is 42.9 Å². The van der Waals surface area contributed by atoms with Crippen molar-refractivity contribution in [2.24, 2.45) is 5.73 Å². The van der Waals surface area contributed by atoms with Crippen LogP contribution in [0.1, 0.15) is 61.3 Å². The van der Waals surface area contributed by atoms with E-state index in [1.807, 2.05) is 26.8 Å². The lowest BCUT2D eigenvalue weighted by Crippen LogP contribution is -2.14. The van der Waals surface area contributed by atoms with E-state index < -0.39 is 5.91 Å². The van der Waals surface area contributed by atoms with Crippen LogP contribution in [-0.2, 0) is 6.42 Å². The molecule has 0 unspecified atom stereocenters. The van der Waals surface area contributed by atoms with Gasteiger partial charge in [0.1, 0.15) is 5.69 Å². The maximum absolute atomic E-state index is 11.0. The van der Waals surface area contributed by atoms with Crippen LogP contribution in [-0.4, -0.2) is 10.9 Å². The minimum Gasteiger partial charge on any atom is -0.364 e. The van der Waals surface area contributed by atoms with E-state index in [0.29, 0.717) is 11.6 Å². The number of rotatable bonds is 3. The van der Waals surface area contributed by atoms with Crippen LogP contribution in [0.15, 0.2) is 12.1 Å². The molecule has 1 aliphatic rings. The number of aryl methyl sites for hydroxylation is 1. The summed E-state index contributed by atoms with van der Waals surface area (Å²) in [5, 5.41) is 0. The summed E-state index contributed by atoms with van der Waals surface area (Å²) >= 11 is 0. The van der Waals surface area contributed by atoms with Crippen LogP contribution >= 0.6 is 0 Å². The Morgan fingerprint density at radius 3 is 2.50 bits per heavy atom. The zero-order valence-electron chi connectivity index (χ0n) is 10.3. The summed E-state index contributed by atoms with van der Waals surface area (Å²) < 4.78 is 0. The third-order valence-corrected chi connectivity index (χ3v) is 2.56. The molecule has 0 aromatic carbocycles. The lowest BCUT2D eigenvalue weighted by atomic mass is 10.1. The molecule has 16 heavy (non-hydrogen) atoms. The molecule has 2 rings (SSSR count). The highest BCUT2D eigenvalue weighted by molar-refractivity contribution is 5.91. The van der Waals surface area contributed by atoms with Crippen molar-refractivity contribution in [2.45, 2.75) is 46.0 Å². The molecule has 1 saturated carbocycles. The lowest BCUT2D eigenvalue weighted by Gasteiger charge is -2.04. The molecule has 0 spiro atoms. The molecule has 1 aromatic rings. The number of pyridine rings is 1. The second-order valence-electron chi connectivity index (χ2n) is 3.77. The average Bonchev–Trinajstić information content (AvgIpc) is 3.15. The van der Waals surface area contributed by atoms with E-state index in [1.165, 1.54) is 18.4 Å². The van der Waals surface area contributed by atoms with Crippen LogP contribution in [0.5, 0.6) is 0 Å². The second kappa shape index (κ2) is 5.64. The molecule has 1 aromatic heterocycles. The Kier molecular flexibility index (Phi) is 4.47. The van der Waals surface area contributed by atoms with Crippen molar-refractivity contribution in [3.05, 3.63) is 29.1 Å². The second-order valence-corrected chi connectivity index (χ2v) is 3.77. The third-order valence-electron chi connectivity index (χ3n) is 2.56. The molecule has 1 aliphatic carbocycles. The predicted molar refractivity (Wildman–Crippen MR) is 65.5 cm³/mol. The van der Waals surface area contributed by atoms with Gasteiger partial charge in [-0.15, -0.1) is 0 Å². The number of nitrogens with zero attached hydrogens (tertiary/aromatic N) is 1. The van der Waals surface area contributed by atoms with Crippen LogP contribution in [0, 0.1) is 0 Å². The van der Waals surface area contributed by atoms with Gasteiger partial charge in [0.15, 0.2) is 0 Å². The summed E-state index contributed by atoms with van der Waals surface area (Å²) in [6.07, 6.45) is 3.30. The molecule has 1 heterocycles. The quantitative estimate of drug-likeness (QED) is 0.851. The lowest BCUT2D eigenvalue weighted by molar-refractivity contribution is 0.0995. The zero-order chi connectivity index (χ0) is 12.1. The number of carbonyl (C=O) groups excluding carboxylic acids is 1. The topological polar surface area (TPSA) is 56.0 Å². The minimum absolute atomic E-state index is 0.409. The van der Waals surface area contributed by atoms with E-state index in [9.17, 15) is 4.79 Å². The first-order valence-electron chi connectivity index (χ1n) is 6.01. The van der Waals surface area contributed by atoms with Crippen LogP contribution in [0.4, 0.5) is 0 Å². The van der Waals surface area contributed by atoms with E-state index in [1.54, 1.807) is 0 Å². The number of hydrogen-bond acceptors (Lipinski definition) is 2. The predicted octanol–water partition coefficient (Wildman–Crippen LogP) is 2.65. The Morgan fingerprint density at radius 2 is 2.06 bits per heavy atom. The van der Waals surface area contributed by atoms with Crippen molar-refractivity contribution >= 4 is 5.91 Å². The van der Waals surface area contributed by atoms with Crippen LogP contribution < -0.4 is 5.73 Å². The van der Waals surface area contributed by atoms with Crippen molar-refractivity contribution < 1.29 is 4.79 Å². The first-order chi connectivity index (χ1) is 7.70. The maximum atomic E-state index is 11.0. The Hall–Kier alpha value is -1.38. The fraction of sp³-hybridized carbons (Fsp3) is 0.538. The number of carbonyl (C=O) groups is 1. The highest BCUT2D eigenvalue weighted by Crippen LogP contribution is 2.40. The molecule has 3 nitrogen and oxygen atoms in total. The number of hydrogen-bond donors (Lipinski definition) is 1. The molecule has 3 heteroatoms. The van der Waals surface area contributed by atoms with Crippen molar-refractivity contribution in [2.75, 3.05) is 0 Å². The normalized spacial score (nSPS) is 13.9. The first-order valence-corrected chi connectivity index (χ1v) is 6.01. The molecule has 88 valence electrons. The molecule has 2 N–H and O–H groups in total. The van der Waals surface area contributed by atoms with E-state index in [-0.39, 0.29) is 0 Å². The highest BCUT2D eigenvalue weighted by atomic mass is 16.1. The molecule has 0 atom stereocenters. The van der Waals surface area contributed by atoms with Crippen LogP contribution in [0.25, 0.3) is 0 Å². The summed E-state index contributed by atoms with van der Waals surface area (Å²) in [4.78, 5) is 15.2. The van der Waals surface area contributed by atoms with Crippen LogP contribution in [0.3, 0.4) is 0 Å². The molecule has 0 saturated heterocycles. The largest absolute Gasteiger partial charge is 0.364 e. The first kappa shape index (κ1) is 12.7. The summed E-state index contributed by atoms with van der Waals surface area (Å²) in [6.45, 7) is 6.03. The monoisotopic (exact) mass is 220 g/mol. The Labute approximate surface area is 97.1 Å². The number of primary amides is 1. The fourth-order valence-corrected chi connectivity index (χ4v) is 1.57.